The number of sulfonamides is 1. The van der Waals surface area contributed by atoms with Crippen molar-refractivity contribution in [3.8, 4) is 0 Å². The second-order valence-electron chi connectivity index (χ2n) is 9.23. The summed E-state index contributed by atoms with van der Waals surface area (Å²) in [4.78, 5) is 30.0. The van der Waals surface area contributed by atoms with Crippen molar-refractivity contribution >= 4 is 43.4 Å². The zero-order chi connectivity index (χ0) is 24.9. The minimum atomic E-state index is -3.60. The molecule has 0 unspecified atom stereocenters. The Hall–Kier alpha value is -3.59. The lowest BCUT2D eigenvalue weighted by Crippen LogP contribution is -2.51. The van der Waals surface area contributed by atoms with E-state index in [0.717, 1.165) is 21.5 Å². The van der Waals surface area contributed by atoms with Crippen LogP contribution in [0.15, 0.2) is 83.8 Å². The van der Waals surface area contributed by atoms with E-state index >= 15 is 0 Å². The number of rotatable bonds is 5. The number of imide groups is 1. The Balaban J connectivity index is 1.12. The van der Waals surface area contributed by atoms with Crippen LogP contribution in [0, 0.1) is 0 Å². The first-order chi connectivity index (χ1) is 17.4. The highest BCUT2D eigenvalue weighted by atomic mass is 32.2. The molecule has 1 saturated heterocycles. The van der Waals surface area contributed by atoms with Crippen molar-refractivity contribution in [2.45, 2.75) is 4.90 Å². The molecule has 1 fully saturated rings. The van der Waals surface area contributed by atoms with E-state index in [2.05, 4.69) is 4.90 Å². The smallest absolute Gasteiger partial charge is 0.261 e. The summed E-state index contributed by atoms with van der Waals surface area (Å²) in [6.07, 6.45) is 0. The van der Waals surface area contributed by atoms with Crippen molar-refractivity contribution in [3.05, 3.63) is 90.0 Å². The predicted molar refractivity (Wildman–Crippen MR) is 138 cm³/mol. The van der Waals surface area contributed by atoms with Crippen LogP contribution >= 0.6 is 0 Å². The Bertz CT molecular complexity index is 1570. The number of hydrogen-bond donors (Lipinski definition) is 0. The molecule has 0 spiro atoms. The highest BCUT2D eigenvalue weighted by Crippen LogP contribution is 2.30. The summed E-state index contributed by atoms with van der Waals surface area (Å²) < 4.78 is 28.0. The van der Waals surface area contributed by atoms with Gasteiger partial charge in [0.1, 0.15) is 0 Å². The van der Waals surface area contributed by atoms with Gasteiger partial charge in [-0.15, -0.1) is 0 Å². The molecule has 0 saturated carbocycles. The zero-order valence-corrected chi connectivity index (χ0v) is 20.4. The summed E-state index contributed by atoms with van der Waals surface area (Å²) in [5, 5.41) is 3.50. The lowest BCUT2D eigenvalue weighted by Gasteiger charge is -2.35. The molecule has 36 heavy (non-hydrogen) atoms. The van der Waals surface area contributed by atoms with Gasteiger partial charge >= 0.3 is 0 Å². The van der Waals surface area contributed by atoms with Gasteiger partial charge in [0.05, 0.1) is 4.90 Å². The van der Waals surface area contributed by atoms with E-state index in [0.29, 0.717) is 48.7 Å². The number of nitrogens with zero attached hydrogens (tertiary/aromatic N) is 3. The van der Waals surface area contributed by atoms with Crippen molar-refractivity contribution in [3.63, 3.8) is 0 Å². The van der Waals surface area contributed by atoms with Crippen LogP contribution in [0.5, 0.6) is 0 Å². The molecular formula is C28H25N3O4S. The Morgan fingerprint density at radius 3 is 1.92 bits per heavy atom. The van der Waals surface area contributed by atoms with Crippen LogP contribution in [0.2, 0.25) is 0 Å². The van der Waals surface area contributed by atoms with Gasteiger partial charge in [0.15, 0.2) is 0 Å². The van der Waals surface area contributed by atoms with E-state index in [4.69, 9.17) is 0 Å². The van der Waals surface area contributed by atoms with Gasteiger partial charge in [-0.25, -0.2) is 8.42 Å². The quantitative estimate of drug-likeness (QED) is 0.392. The van der Waals surface area contributed by atoms with E-state index in [1.165, 1.54) is 9.21 Å². The number of amides is 2. The Labute approximate surface area is 209 Å². The first kappa shape index (κ1) is 22.8. The Kier molecular flexibility index (Phi) is 5.59. The standard InChI is InChI=1S/C28H25N3O4S/c32-27-24-9-3-7-21-8-4-10-25(26(21)24)28(33)31(27)18-15-29-13-16-30(17-14-29)36(34,35)23-12-11-20-5-1-2-6-22(20)19-23/h1-12,19H,13-18H2. The van der Waals surface area contributed by atoms with E-state index in [-0.39, 0.29) is 18.4 Å². The van der Waals surface area contributed by atoms with Crippen molar-refractivity contribution in [2.75, 3.05) is 39.3 Å². The van der Waals surface area contributed by atoms with Crippen LogP contribution in [0.25, 0.3) is 21.5 Å². The summed E-state index contributed by atoms with van der Waals surface area (Å²) in [5.41, 5.74) is 1.10. The first-order valence-electron chi connectivity index (χ1n) is 12.0. The molecule has 182 valence electrons. The molecule has 0 bridgehead atoms. The van der Waals surface area contributed by atoms with Gasteiger partial charge in [-0.1, -0.05) is 54.6 Å². The van der Waals surface area contributed by atoms with Crippen molar-refractivity contribution < 1.29 is 18.0 Å². The van der Waals surface area contributed by atoms with Crippen LogP contribution in [0.1, 0.15) is 20.7 Å². The molecule has 8 heteroatoms. The fourth-order valence-corrected chi connectivity index (χ4v) is 6.65. The molecule has 4 aromatic rings. The summed E-state index contributed by atoms with van der Waals surface area (Å²) in [6, 6.07) is 23.9. The third-order valence-electron chi connectivity index (χ3n) is 7.19. The van der Waals surface area contributed by atoms with Crippen LogP contribution in [0.4, 0.5) is 0 Å². The molecule has 2 amide bonds. The van der Waals surface area contributed by atoms with Gasteiger partial charge < -0.3 is 0 Å². The van der Waals surface area contributed by atoms with Gasteiger partial charge in [0.2, 0.25) is 10.0 Å². The lowest BCUT2D eigenvalue weighted by molar-refractivity contribution is 0.0584. The van der Waals surface area contributed by atoms with Crippen molar-refractivity contribution in [1.82, 2.24) is 14.1 Å². The zero-order valence-electron chi connectivity index (χ0n) is 19.6. The summed E-state index contributed by atoms with van der Waals surface area (Å²) >= 11 is 0. The second kappa shape index (κ2) is 8.81. The van der Waals surface area contributed by atoms with E-state index in [1.807, 2.05) is 54.6 Å². The molecule has 4 aromatic carbocycles. The molecule has 2 aliphatic rings. The maximum Gasteiger partial charge on any atom is 0.261 e. The van der Waals surface area contributed by atoms with Crippen LogP contribution in [0.3, 0.4) is 0 Å². The van der Waals surface area contributed by atoms with Gasteiger partial charge in [0.25, 0.3) is 11.8 Å². The van der Waals surface area contributed by atoms with Crippen LogP contribution in [-0.2, 0) is 10.0 Å². The number of benzene rings is 4. The SMILES string of the molecule is O=C1c2cccc3cccc(c23)C(=O)N1CCN1CCN(S(=O)(=O)c2ccc3ccccc3c2)CC1. The van der Waals surface area contributed by atoms with Crippen molar-refractivity contribution in [2.24, 2.45) is 0 Å². The minimum absolute atomic E-state index is 0.264. The topological polar surface area (TPSA) is 78.0 Å². The molecule has 0 N–H and O–H groups in total. The highest BCUT2D eigenvalue weighted by molar-refractivity contribution is 7.89. The van der Waals surface area contributed by atoms with E-state index < -0.39 is 10.0 Å². The summed E-state index contributed by atoms with van der Waals surface area (Å²) in [6.45, 7) is 2.56. The molecule has 0 aromatic heterocycles. The first-order valence-corrected chi connectivity index (χ1v) is 13.5. The van der Waals surface area contributed by atoms with Crippen molar-refractivity contribution in [1.29, 1.82) is 0 Å². The minimum Gasteiger partial charge on any atom is -0.299 e. The summed E-state index contributed by atoms with van der Waals surface area (Å²) in [7, 11) is -3.60. The maximum atomic E-state index is 13.2. The number of carbonyl (C=O) groups is 2. The predicted octanol–water partition coefficient (Wildman–Crippen LogP) is 3.60. The molecule has 0 atom stereocenters. The maximum absolute atomic E-state index is 13.2. The normalized spacial score (nSPS) is 17.3. The fourth-order valence-electron chi connectivity index (χ4n) is 5.20. The molecule has 0 aliphatic carbocycles. The second-order valence-corrected chi connectivity index (χ2v) is 11.2. The monoisotopic (exact) mass is 499 g/mol. The van der Waals surface area contributed by atoms with Gasteiger partial charge in [0, 0.05) is 55.8 Å². The lowest BCUT2D eigenvalue weighted by atomic mass is 9.94. The van der Waals surface area contributed by atoms with Gasteiger partial charge in [-0.05, 0) is 40.4 Å². The molecule has 6 rings (SSSR count). The average molecular weight is 500 g/mol. The molecule has 0 radical (unpaired) electrons. The van der Waals surface area contributed by atoms with Gasteiger partial charge in [-0.2, -0.15) is 4.31 Å². The fraction of sp³-hybridized carbons (Fsp3) is 0.214. The average Bonchev–Trinajstić information content (AvgIpc) is 2.91. The number of fused-ring (bicyclic) bond motifs is 1. The number of hydrogen-bond acceptors (Lipinski definition) is 5. The van der Waals surface area contributed by atoms with E-state index in [9.17, 15) is 18.0 Å². The third kappa shape index (κ3) is 3.78. The van der Waals surface area contributed by atoms with Crippen LogP contribution in [-0.4, -0.2) is 73.6 Å². The Morgan fingerprint density at radius 1 is 0.639 bits per heavy atom. The number of carbonyl (C=O) groups excluding carboxylic acids is 2. The molecule has 2 heterocycles. The third-order valence-corrected chi connectivity index (χ3v) is 9.08. The van der Waals surface area contributed by atoms with Crippen LogP contribution < -0.4 is 0 Å². The largest absolute Gasteiger partial charge is 0.299 e. The summed E-state index contributed by atoms with van der Waals surface area (Å²) in [5.74, 6) is -0.552. The van der Waals surface area contributed by atoms with Gasteiger partial charge in [-0.3, -0.25) is 19.4 Å². The molecule has 7 nitrogen and oxygen atoms in total. The number of piperazine rings is 1. The Morgan fingerprint density at radius 2 is 1.25 bits per heavy atom. The molecular weight excluding hydrogens is 474 g/mol. The van der Waals surface area contributed by atoms with E-state index in [1.54, 1.807) is 24.3 Å². The molecule has 2 aliphatic heterocycles. The highest BCUT2D eigenvalue weighted by Gasteiger charge is 2.34.